The first-order chi connectivity index (χ1) is 6.15. The highest BCUT2D eigenvalue weighted by Crippen LogP contribution is 2.27. The van der Waals surface area contributed by atoms with Gasteiger partial charge >= 0.3 is 0 Å². The molecule has 0 heterocycles. The number of halogens is 1. The Labute approximate surface area is 87.2 Å². The summed E-state index contributed by atoms with van der Waals surface area (Å²) in [6.45, 7) is 4.58. The lowest BCUT2D eigenvalue weighted by molar-refractivity contribution is 0.335. The van der Waals surface area contributed by atoms with Gasteiger partial charge < -0.3 is 10.5 Å². The number of ether oxygens (including phenoxy) is 1. The van der Waals surface area contributed by atoms with Gasteiger partial charge in [-0.1, -0.05) is 15.9 Å². The third-order valence-corrected chi connectivity index (χ3v) is 2.26. The Hall–Kier alpha value is -0.540. The summed E-state index contributed by atoms with van der Waals surface area (Å²) in [4.78, 5) is 0. The van der Waals surface area contributed by atoms with E-state index in [1.165, 1.54) is 0 Å². The van der Waals surface area contributed by atoms with Crippen LogP contribution in [0.5, 0.6) is 5.75 Å². The second-order valence-electron chi connectivity index (χ2n) is 2.90. The van der Waals surface area contributed by atoms with Gasteiger partial charge in [-0.25, -0.2) is 0 Å². The fourth-order valence-electron chi connectivity index (χ4n) is 1.16. The van der Waals surface area contributed by atoms with Crippen molar-refractivity contribution in [3.05, 3.63) is 28.2 Å². The lowest BCUT2D eigenvalue weighted by Crippen LogP contribution is -2.07. The highest BCUT2D eigenvalue weighted by atomic mass is 79.9. The molecule has 2 nitrogen and oxygen atoms in total. The summed E-state index contributed by atoms with van der Waals surface area (Å²) in [5, 5.41) is 0. The predicted molar refractivity (Wildman–Crippen MR) is 57.9 cm³/mol. The van der Waals surface area contributed by atoms with E-state index >= 15 is 0 Å². The summed E-state index contributed by atoms with van der Waals surface area (Å²) >= 11 is 3.40. The van der Waals surface area contributed by atoms with Crippen molar-refractivity contribution in [1.82, 2.24) is 0 Å². The van der Waals surface area contributed by atoms with E-state index in [1.807, 2.05) is 32.0 Å². The van der Waals surface area contributed by atoms with Gasteiger partial charge in [-0.3, -0.25) is 0 Å². The van der Waals surface area contributed by atoms with Crippen molar-refractivity contribution in [3.8, 4) is 5.75 Å². The van der Waals surface area contributed by atoms with Crippen LogP contribution in [0.25, 0.3) is 0 Å². The van der Waals surface area contributed by atoms with E-state index in [9.17, 15) is 0 Å². The summed E-state index contributed by atoms with van der Waals surface area (Å²) in [6, 6.07) is 5.89. The van der Waals surface area contributed by atoms with E-state index < -0.39 is 0 Å². The van der Waals surface area contributed by atoms with Crippen molar-refractivity contribution in [1.29, 1.82) is 0 Å². The summed E-state index contributed by atoms with van der Waals surface area (Å²) in [5.41, 5.74) is 6.85. The standard InChI is InChI=1S/C10H14BrNO/c1-3-13-10-5-4-8(11)6-9(10)7(2)12/h4-7H,3,12H2,1-2H3/t7-/m0/s1. The monoisotopic (exact) mass is 243 g/mol. The molecular weight excluding hydrogens is 230 g/mol. The highest BCUT2D eigenvalue weighted by Gasteiger charge is 2.07. The minimum absolute atomic E-state index is 0.000880. The van der Waals surface area contributed by atoms with E-state index in [-0.39, 0.29) is 6.04 Å². The molecule has 0 bridgehead atoms. The van der Waals surface area contributed by atoms with E-state index in [0.29, 0.717) is 6.61 Å². The van der Waals surface area contributed by atoms with Crippen LogP contribution in [0.15, 0.2) is 22.7 Å². The summed E-state index contributed by atoms with van der Waals surface area (Å²) in [7, 11) is 0. The van der Waals surface area contributed by atoms with Gasteiger partial charge in [0.2, 0.25) is 0 Å². The van der Waals surface area contributed by atoms with E-state index in [1.54, 1.807) is 0 Å². The molecule has 0 spiro atoms. The van der Waals surface area contributed by atoms with E-state index in [0.717, 1.165) is 15.8 Å². The maximum absolute atomic E-state index is 5.81. The first-order valence-electron chi connectivity index (χ1n) is 4.33. The molecular formula is C10H14BrNO. The second kappa shape index (κ2) is 4.63. The molecule has 0 unspecified atom stereocenters. The number of hydrogen-bond acceptors (Lipinski definition) is 2. The fourth-order valence-corrected chi connectivity index (χ4v) is 1.54. The van der Waals surface area contributed by atoms with Crippen molar-refractivity contribution < 1.29 is 4.74 Å². The van der Waals surface area contributed by atoms with Crippen molar-refractivity contribution in [3.63, 3.8) is 0 Å². The zero-order valence-electron chi connectivity index (χ0n) is 7.88. The van der Waals surface area contributed by atoms with E-state index in [2.05, 4.69) is 15.9 Å². The molecule has 0 fully saturated rings. The SMILES string of the molecule is CCOc1ccc(Br)cc1[C@H](C)N. The predicted octanol–water partition coefficient (Wildman–Crippen LogP) is 2.87. The minimum Gasteiger partial charge on any atom is -0.494 e. The molecule has 0 aliphatic carbocycles. The van der Waals surface area contributed by atoms with Crippen LogP contribution in [0.2, 0.25) is 0 Å². The van der Waals surface area contributed by atoms with Crippen molar-refractivity contribution >= 4 is 15.9 Å². The third-order valence-electron chi connectivity index (χ3n) is 1.76. The molecule has 1 atom stereocenters. The first-order valence-corrected chi connectivity index (χ1v) is 5.12. The van der Waals surface area contributed by atoms with Gasteiger partial charge in [0.1, 0.15) is 5.75 Å². The van der Waals surface area contributed by atoms with Crippen LogP contribution in [0.1, 0.15) is 25.5 Å². The summed E-state index contributed by atoms with van der Waals surface area (Å²) in [5.74, 6) is 0.876. The van der Waals surface area contributed by atoms with Gasteiger partial charge in [-0.05, 0) is 32.0 Å². The third kappa shape index (κ3) is 2.71. The number of rotatable bonds is 3. The van der Waals surface area contributed by atoms with Crippen LogP contribution >= 0.6 is 15.9 Å². The lowest BCUT2D eigenvalue weighted by Gasteiger charge is -2.13. The van der Waals surface area contributed by atoms with Gasteiger partial charge in [0.25, 0.3) is 0 Å². The zero-order chi connectivity index (χ0) is 9.84. The average molecular weight is 244 g/mol. The number of hydrogen-bond donors (Lipinski definition) is 1. The van der Waals surface area contributed by atoms with Crippen molar-refractivity contribution in [2.75, 3.05) is 6.61 Å². The van der Waals surface area contributed by atoms with Gasteiger partial charge in [0, 0.05) is 16.1 Å². The summed E-state index contributed by atoms with van der Waals surface area (Å²) in [6.07, 6.45) is 0. The Bertz CT molecular complexity index is 286. The smallest absolute Gasteiger partial charge is 0.124 e. The topological polar surface area (TPSA) is 35.2 Å². The Morgan fingerprint density at radius 1 is 1.54 bits per heavy atom. The molecule has 0 aliphatic heterocycles. The van der Waals surface area contributed by atoms with Gasteiger partial charge in [-0.2, -0.15) is 0 Å². The number of nitrogens with two attached hydrogens (primary N) is 1. The molecule has 0 radical (unpaired) electrons. The second-order valence-corrected chi connectivity index (χ2v) is 3.82. The van der Waals surface area contributed by atoms with Crippen LogP contribution in [-0.4, -0.2) is 6.61 Å². The molecule has 0 amide bonds. The first kappa shape index (κ1) is 10.5. The molecule has 3 heteroatoms. The van der Waals surface area contributed by atoms with Crippen LogP contribution < -0.4 is 10.5 Å². The molecule has 1 rings (SSSR count). The average Bonchev–Trinajstić information content (AvgIpc) is 2.08. The Morgan fingerprint density at radius 3 is 2.77 bits per heavy atom. The fraction of sp³-hybridized carbons (Fsp3) is 0.400. The molecule has 0 saturated heterocycles. The lowest BCUT2D eigenvalue weighted by atomic mass is 10.1. The quantitative estimate of drug-likeness (QED) is 0.887. The number of benzene rings is 1. The van der Waals surface area contributed by atoms with Crippen molar-refractivity contribution in [2.45, 2.75) is 19.9 Å². The molecule has 2 N–H and O–H groups in total. The molecule has 1 aromatic rings. The summed E-state index contributed by atoms with van der Waals surface area (Å²) < 4.78 is 6.48. The largest absolute Gasteiger partial charge is 0.494 e. The molecule has 1 aromatic carbocycles. The normalized spacial score (nSPS) is 12.6. The zero-order valence-corrected chi connectivity index (χ0v) is 9.47. The van der Waals surface area contributed by atoms with Crippen LogP contribution in [0.4, 0.5) is 0 Å². The van der Waals surface area contributed by atoms with Gasteiger partial charge in [0.15, 0.2) is 0 Å². The van der Waals surface area contributed by atoms with Crippen LogP contribution in [-0.2, 0) is 0 Å². The van der Waals surface area contributed by atoms with E-state index in [4.69, 9.17) is 10.5 Å². The molecule has 13 heavy (non-hydrogen) atoms. The van der Waals surface area contributed by atoms with Crippen LogP contribution in [0.3, 0.4) is 0 Å². The highest BCUT2D eigenvalue weighted by molar-refractivity contribution is 9.10. The van der Waals surface area contributed by atoms with Gasteiger partial charge in [0.05, 0.1) is 6.61 Å². The van der Waals surface area contributed by atoms with Crippen LogP contribution in [0, 0.1) is 0 Å². The maximum atomic E-state index is 5.81. The Morgan fingerprint density at radius 2 is 2.23 bits per heavy atom. The molecule has 0 aliphatic rings. The molecule has 0 aromatic heterocycles. The molecule has 0 saturated carbocycles. The van der Waals surface area contributed by atoms with Gasteiger partial charge in [-0.15, -0.1) is 0 Å². The van der Waals surface area contributed by atoms with Crippen molar-refractivity contribution in [2.24, 2.45) is 5.73 Å². The Balaban J connectivity index is 3.03. The maximum Gasteiger partial charge on any atom is 0.124 e. The Kier molecular flexibility index (Phi) is 3.75. The minimum atomic E-state index is -0.000880. The molecule has 72 valence electrons.